The summed E-state index contributed by atoms with van der Waals surface area (Å²) >= 11 is 2.38. The number of hydrogen-bond donors (Lipinski definition) is 2. The molecule has 0 bridgehead atoms. The maximum Gasteiger partial charge on any atom is 0.0216 e. The van der Waals surface area contributed by atoms with Crippen molar-refractivity contribution < 1.29 is 0 Å². The Morgan fingerprint density at radius 3 is 2.60 bits per heavy atom. The van der Waals surface area contributed by atoms with Gasteiger partial charge in [-0.25, -0.2) is 0 Å². The lowest BCUT2D eigenvalue weighted by molar-refractivity contribution is 0.555. The molecule has 0 spiro atoms. The molecule has 1 rings (SSSR count). The molecule has 0 amide bonds. The molecule has 0 aromatic heterocycles. The van der Waals surface area contributed by atoms with E-state index < -0.39 is 0 Å². The van der Waals surface area contributed by atoms with E-state index in [1.165, 1.54) is 9.13 Å². The second-order valence-corrected chi connectivity index (χ2v) is 5.04. The largest absolute Gasteiger partial charge is 0.313 e. The third-order valence-corrected chi connectivity index (χ3v) is 3.18. The number of benzene rings is 1. The summed E-state index contributed by atoms with van der Waals surface area (Å²) in [5.41, 5.74) is 1.38. The van der Waals surface area contributed by atoms with Crippen molar-refractivity contribution in [2.75, 3.05) is 13.1 Å². The molecule has 0 aliphatic heterocycles. The molecule has 2 nitrogen and oxygen atoms in total. The standard InChI is InChI=1S/C12H19IN2/c1-10(2)15-8-7-14-9-11-5-3-4-6-12(11)13/h3-6,10,14-15H,7-9H2,1-2H3. The molecule has 0 unspecified atom stereocenters. The molecule has 3 heteroatoms. The normalized spacial score (nSPS) is 10.9. The number of rotatable bonds is 6. The fourth-order valence-electron chi connectivity index (χ4n) is 1.31. The molecule has 2 N–H and O–H groups in total. The van der Waals surface area contributed by atoms with Gasteiger partial charge in [-0.3, -0.25) is 0 Å². The lowest BCUT2D eigenvalue weighted by Gasteiger charge is -2.09. The summed E-state index contributed by atoms with van der Waals surface area (Å²) in [7, 11) is 0. The monoisotopic (exact) mass is 318 g/mol. The van der Waals surface area contributed by atoms with E-state index in [0.29, 0.717) is 6.04 Å². The molecule has 0 aliphatic carbocycles. The molecule has 1 aromatic rings. The molecule has 0 heterocycles. The Balaban J connectivity index is 2.18. The summed E-state index contributed by atoms with van der Waals surface area (Å²) in [6.07, 6.45) is 0. The van der Waals surface area contributed by atoms with Crippen LogP contribution in [0.1, 0.15) is 19.4 Å². The van der Waals surface area contributed by atoms with Crippen LogP contribution in [0.2, 0.25) is 0 Å². The van der Waals surface area contributed by atoms with Gasteiger partial charge < -0.3 is 10.6 Å². The van der Waals surface area contributed by atoms with E-state index >= 15 is 0 Å². The quantitative estimate of drug-likeness (QED) is 0.622. The van der Waals surface area contributed by atoms with Crippen LogP contribution >= 0.6 is 22.6 Å². The van der Waals surface area contributed by atoms with E-state index in [-0.39, 0.29) is 0 Å². The van der Waals surface area contributed by atoms with Gasteiger partial charge in [0.1, 0.15) is 0 Å². The summed E-state index contributed by atoms with van der Waals surface area (Å²) in [4.78, 5) is 0. The minimum absolute atomic E-state index is 0.573. The van der Waals surface area contributed by atoms with Crippen LogP contribution in [0.25, 0.3) is 0 Å². The van der Waals surface area contributed by atoms with Crippen molar-refractivity contribution >= 4 is 22.6 Å². The molecule has 0 radical (unpaired) electrons. The zero-order valence-corrected chi connectivity index (χ0v) is 11.5. The van der Waals surface area contributed by atoms with E-state index in [2.05, 4.69) is 71.3 Å². The number of halogens is 1. The van der Waals surface area contributed by atoms with Gasteiger partial charge in [0.15, 0.2) is 0 Å². The van der Waals surface area contributed by atoms with E-state index in [1.54, 1.807) is 0 Å². The van der Waals surface area contributed by atoms with Gasteiger partial charge in [-0.2, -0.15) is 0 Å². The van der Waals surface area contributed by atoms with Gasteiger partial charge in [-0.1, -0.05) is 32.0 Å². The van der Waals surface area contributed by atoms with Crippen molar-refractivity contribution in [2.24, 2.45) is 0 Å². The van der Waals surface area contributed by atoms with Gasteiger partial charge >= 0.3 is 0 Å². The Kier molecular flexibility index (Phi) is 6.20. The van der Waals surface area contributed by atoms with Crippen molar-refractivity contribution in [3.8, 4) is 0 Å². The first-order chi connectivity index (χ1) is 7.20. The highest BCUT2D eigenvalue weighted by Gasteiger charge is 1.97. The highest BCUT2D eigenvalue weighted by Crippen LogP contribution is 2.10. The lowest BCUT2D eigenvalue weighted by atomic mass is 10.2. The zero-order chi connectivity index (χ0) is 11.1. The summed E-state index contributed by atoms with van der Waals surface area (Å²) in [5, 5.41) is 6.81. The Bertz CT molecular complexity index is 287. The van der Waals surface area contributed by atoms with Crippen LogP contribution in [-0.4, -0.2) is 19.1 Å². The van der Waals surface area contributed by atoms with Gasteiger partial charge in [0.2, 0.25) is 0 Å². The van der Waals surface area contributed by atoms with E-state index in [9.17, 15) is 0 Å². The second-order valence-electron chi connectivity index (χ2n) is 3.88. The van der Waals surface area contributed by atoms with Crippen LogP contribution in [0.15, 0.2) is 24.3 Å². The highest BCUT2D eigenvalue weighted by molar-refractivity contribution is 14.1. The molecule has 0 aliphatic rings. The summed E-state index contributed by atoms with van der Waals surface area (Å²) in [6.45, 7) is 7.34. The average Bonchev–Trinajstić information content (AvgIpc) is 2.20. The molecule has 0 atom stereocenters. The molecule has 0 saturated carbocycles. The van der Waals surface area contributed by atoms with Gasteiger partial charge in [0, 0.05) is 29.2 Å². The molecule has 84 valence electrons. The van der Waals surface area contributed by atoms with E-state index in [1.807, 2.05) is 0 Å². The van der Waals surface area contributed by atoms with Crippen LogP contribution in [-0.2, 0) is 6.54 Å². The Morgan fingerprint density at radius 2 is 1.93 bits per heavy atom. The predicted molar refractivity (Wildman–Crippen MR) is 74.0 cm³/mol. The van der Waals surface area contributed by atoms with Gasteiger partial charge in [-0.05, 0) is 34.2 Å². The molecule has 0 saturated heterocycles. The van der Waals surface area contributed by atoms with E-state index in [4.69, 9.17) is 0 Å². The summed E-state index contributed by atoms with van der Waals surface area (Å²) < 4.78 is 1.33. The maximum absolute atomic E-state index is 3.43. The highest BCUT2D eigenvalue weighted by atomic mass is 127. The van der Waals surface area contributed by atoms with Crippen molar-refractivity contribution in [2.45, 2.75) is 26.4 Å². The topological polar surface area (TPSA) is 24.1 Å². The van der Waals surface area contributed by atoms with Crippen LogP contribution in [0, 0.1) is 3.57 Å². The van der Waals surface area contributed by atoms with E-state index in [0.717, 1.165) is 19.6 Å². The summed E-state index contributed by atoms with van der Waals surface area (Å²) in [5.74, 6) is 0. The van der Waals surface area contributed by atoms with Crippen molar-refractivity contribution in [3.63, 3.8) is 0 Å². The number of nitrogens with one attached hydrogen (secondary N) is 2. The van der Waals surface area contributed by atoms with Crippen LogP contribution < -0.4 is 10.6 Å². The molecule has 1 aromatic carbocycles. The van der Waals surface area contributed by atoms with Gasteiger partial charge in [0.25, 0.3) is 0 Å². The smallest absolute Gasteiger partial charge is 0.0216 e. The van der Waals surface area contributed by atoms with Crippen LogP contribution in [0.3, 0.4) is 0 Å². The van der Waals surface area contributed by atoms with Crippen LogP contribution in [0.4, 0.5) is 0 Å². The third-order valence-electron chi connectivity index (χ3n) is 2.13. The average molecular weight is 318 g/mol. The lowest BCUT2D eigenvalue weighted by Crippen LogP contribution is -2.31. The Morgan fingerprint density at radius 1 is 1.20 bits per heavy atom. The van der Waals surface area contributed by atoms with Gasteiger partial charge in [-0.15, -0.1) is 0 Å². The van der Waals surface area contributed by atoms with Crippen molar-refractivity contribution in [3.05, 3.63) is 33.4 Å². The van der Waals surface area contributed by atoms with Crippen molar-refractivity contribution in [1.82, 2.24) is 10.6 Å². The molecule has 15 heavy (non-hydrogen) atoms. The minimum atomic E-state index is 0.573. The fraction of sp³-hybridized carbons (Fsp3) is 0.500. The predicted octanol–water partition coefficient (Wildman–Crippen LogP) is 2.38. The Labute approximate surface area is 106 Å². The molecular weight excluding hydrogens is 299 g/mol. The minimum Gasteiger partial charge on any atom is -0.313 e. The van der Waals surface area contributed by atoms with Crippen LogP contribution in [0.5, 0.6) is 0 Å². The fourth-order valence-corrected chi connectivity index (χ4v) is 1.89. The first-order valence-electron chi connectivity index (χ1n) is 5.37. The molecule has 0 fully saturated rings. The van der Waals surface area contributed by atoms with Gasteiger partial charge in [0.05, 0.1) is 0 Å². The second kappa shape index (κ2) is 7.19. The van der Waals surface area contributed by atoms with Crippen molar-refractivity contribution in [1.29, 1.82) is 0 Å². The maximum atomic E-state index is 3.43. The number of hydrogen-bond acceptors (Lipinski definition) is 2. The Hall–Kier alpha value is -0.130. The SMILES string of the molecule is CC(C)NCCNCc1ccccc1I. The first-order valence-corrected chi connectivity index (χ1v) is 6.45. The third kappa shape index (κ3) is 5.49. The molecular formula is C12H19IN2. The summed E-state index contributed by atoms with van der Waals surface area (Å²) in [6, 6.07) is 9.05. The first kappa shape index (κ1) is 12.9. The zero-order valence-electron chi connectivity index (χ0n) is 9.39.